The van der Waals surface area contributed by atoms with Crippen LogP contribution in [0.3, 0.4) is 0 Å². The van der Waals surface area contributed by atoms with Gasteiger partial charge in [0.05, 0.1) is 12.1 Å². The first kappa shape index (κ1) is 11.7. The molecule has 1 aliphatic heterocycles. The summed E-state index contributed by atoms with van der Waals surface area (Å²) in [7, 11) is 0. The molecule has 4 atom stereocenters. The van der Waals surface area contributed by atoms with Gasteiger partial charge in [-0.1, -0.05) is 0 Å². The number of nitrogens with two attached hydrogens (primary N) is 1. The lowest BCUT2D eigenvalue weighted by Gasteiger charge is -2.52. The van der Waals surface area contributed by atoms with E-state index >= 15 is 0 Å². The fourth-order valence-electron chi connectivity index (χ4n) is 2.95. The van der Waals surface area contributed by atoms with E-state index in [1.807, 2.05) is 0 Å². The average Bonchev–Trinajstić information content (AvgIpc) is 2.34. The number of anilines is 1. The van der Waals surface area contributed by atoms with Crippen molar-refractivity contribution >= 4 is 5.82 Å². The molecule has 0 spiro atoms. The van der Waals surface area contributed by atoms with Crippen LogP contribution in [0.1, 0.15) is 18.7 Å². The van der Waals surface area contributed by atoms with Gasteiger partial charge in [0.1, 0.15) is 11.6 Å². The number of aromatic amines is 1. The molecule has 0 aromatic carbocycles. The number of hydrogen-bond acceptors (Lipinski definition) is 5. The smallest absolute Gasteiger partial charge is 0.252 e. The van der Waals surface area contributed by atoms with E-state index < -0.39 is 0 Å². The average molecular weight is 250 g/mol. The van der Waals surface area contributed by atoms with Gasteiger partial charge in [0.25, 0.3) is 5.56 Å². The van der Waals surface area contributed by atoms with Gasteiger partial charge in [-0.2, -0.15) is 0 Å². The summed E-state index contributed by atoms with van der Waals surface area (Å²) in [5, 5.41) is 3.23. The molecule has 1 saturated heterocycles. The molecule has 0 bridgehead atoms. The van der Waals surface area contributed by atoms with Crippen LogP contribution >= 0.6 is 0 Å². The standard InChI is InChI=1S/C12H18N4O2/c1-6-14-8(5-9(17)15-6)16-11-10(13)7-3-2-4-18-12(7)11/h5,7,10-12H,2-4,13H2,1H3,(H2,14,15,16,17). The van der Waals surface area contributed by atoms with Crippen LogP contribution in [0, 0.1) is 12.8 Å². The van der Waals surface area contributed by atoms with Gasteiger partial charge in [-0.15, -0.1) is 0 Å². The lowest BCUT2D eigenvalue weighted by molar-refractivity contribution is -0.104. The molecule has 0 radical (unpaired) electrons. The van der Waals surface area contributed by atoms with Gasteiger partial charge < -0.3 is 20.8 Å². The zero-order valence-electron chi connectivity index (χ0n) is 10.3. The monoisotopic (exact) mass is 250 g/mol. The number of H-pyrrole nitrogens is 1. The van der Waals surface area contributed by atoms with Gasteiger partial charge in [0.15, 0.2) is 0 Å². The van der Waals surface area contributed by atoms with Gasteiger partial charge in [-0.3, -0.25) is 4.79 Å². The van der Waals surface area contributed by atoms with Crippen LogP contribution in [0.4, 0.5) is 5.82 Å². The summed E-state index contributed by atoms with van der Waals surface area (Å²) < 4.78 is 5.74. The van der Waals surface area contributed by atoms with Crippen molar-refractivity contribution in [3.63, 3.8) is 0 Å². The number of aromatic nitrogens is 2. The number of rotatable bonds is 2. The Bertz CT molecular complexity index is 501. The Hall–Kier alpha value is -1.40. The van der Waals surface area contributed by atoms with Crippen LogP contribution < -0.4 is 16.6 Å². The molecular weight excluding hydrogens is 232 g/mol. The van der Waals surface area contributed by atoms with E-state index in [9.17, 15) is 4.79 Å². The zero-order chi connectivity index (χ0) is 12.7. The van der Waals surface area contributed by atoms with Crippen molar-refractivity contribution < 1.29 is 4.74 Å². The SMILES string of the molecule is Cc1nc(NC2C(N)C3CCCOC32)cc(=O)[nH]1. The fourth-order valence-corrected chi connectivity index (χ4v) is 2.95. The molecule has 6 heteroatoms. The molecule has 1 aromatic heterocycles. The molecule has 1 aromatic rings. The van der Waals surface area contributed by atoms with Crippen molar-refractivity contribution in [1.82, 2.24) is 9.97 Å². The van der Waals surface area contributed by atoms with Crippen molar-refractivity contribution in [2.75, 3.05) is 11.9 Å². The first-order valence-corrected chi connectivity index (χ1v) is 6.37. The molecular formula is C12H18N4O2. The second-order valence-corrected chi connectivity index (χ2v) is 5.11. The highest BCUT2D eigenvalue weighted by atomic mass is 16.5. The lowest BCUT2D eigenvalue weighted by atomic mass is 9.68. The predicted molar refractivity (Wildman–Crippen MR) is 67.4 cm³/mol. The van der Waals surface area contributed by atoms with Gasteiger partial charge in [0, 0.05) is 24.6 Å². The predicted octanol–water partition coefficient (Wildman–Crippen LogP) is -0.00508. The first-order valence-electron chi connectivity index (χ1n) is 6.37. The molecule has 2 aliphatic rings. The Kier molecular flexibility index (Phi) is 2.83. The van der Waals surface area contributed by atoms with E-state index in [-0.39, 0.29) is 23.7 Å². The molecule has 3 rings (SSSR count). The number of ether oxygens (including phenoxy) is 1. The number of aryl methyl sites for hydroxylation is 1. The quantitative estimate of drug-likeness (QED) is 0.686. The van der Waals surface area contributed by atoms with Gasteiger partial charge in [-0.25, -0.2) is 4.98 Å². The number of hydrogen-bond donors (Lipinski definition) is 3. The minimum absolute atomic E-state index is 0.0593. The summed E-state index contributed by atoms with van der Waals surface area (Å²) in [4.78, 5) is 18.2. The van der Waals surface area contributed by atoms with Crippen molar-refractivity contribution in [2.24, 2.45) is 11.7 Å². The Morgan fingerprint density at radius 2 is 2.44 bits per heavy atom. The largest absolute Gasteiger partial charge is 0.376 e. The summed E-state index contributed by atoms with van der Waals surface area (Å²) in [6.45, 7) is 2.56. The minimum atomic E-state index is -0.154. The van der Waals surface area contributed by atoms with Crippen molar-refractivity contribution in [1.29, 1.82) is 0 Å². The summed E-state index contributed by atoms with van der Waals surface area (Å²) in [6.07, 6.45) is 2.38. The first-order chi connectivity index (χ1) is 8.65. The van der Waals surface area contributed by atoms with Crippen LogP contribution in [-0.4, -0.2) is 34.8 Å². The molecule has 0 amide bonds. The topological polar surface area (TPSA) is 93.0 Å². The third-order valence-corrected chi connectivity index (χ3v) is 3.85. The van der Waals surface area contributed by atoms with Crippen LogP contribution in [-0.2, 0) is 4.74 Å². The van der Waals surface area contributed by atoms with Crippen LogP contribution in [0.5, 0.6) is 0 Å². The maximum atomic E-state index is 11.4. The highest BCUT2D eigenvalue weighted by Crippen LogP contribution is 2.38. The lowest BCUT2D eigenvalue weighted by Crippen LogP contribution is -2.69. The third-order valence-electron chi connectivity index (χ3n) is 3.85. The Morgan fingerprint density at radius 1 is 1.61 bits per heavy atom. The van der Waals surface area contributed by atoms with E-state index in [0.29, 0.717) is 17.6 Å². The van der Waals surface area contributed by atoms with Crippen molar-refractivity contribution in [3.8, 4) is 0 Å². The number of fused-ring (bicyclic) bond motifs is 1. The number of nitrogens with one attached hydrogen (secondary N) is 2. The summed E-state index contributed by atoms with van der Waals surface area (Å²) in [6, 6.07) is 1.59. The maximum Gasteiger partial charge on any atom is 0.252 e. The van der Waals surface area contributed by atoms with E-state index in [0.717, 1.165) is 19.4 Å². The highest BCUT2D eigenvalue weighted by molar-refractivity contribution is 5.37. The maximum absolute atomic E-state index is 11.4. The molecule has 4 unspecified atom stereocenters. The normalized spacial score (nSPS) is 34.6. The fraction of sp³-hybridized carbons (Fsp3) is 0.667. The molecule has 1 saturated carbocycles. The molecule has 2 heterocycles. The Labute approximate surface area is 105 Å². The Morgan fingerprint density at radius 3 is 3.22 bits per heavy atom. The second-order valence-electron chi connectivity index (χ2n) is 5.11. The van der Waals surface area contributed by atoms with Gasteiger partial charge >= 0.3 is 0 Å². The Balaban J connectivity index is 1.74. The van der Waals surface area contributed by atoms with Crippen LogP contribution in [0.15, 0.2) is 10.9 Å². The zero-order valence-corrected chi connectivity index (χ0v) is 10.3. The van der Waals surface area contributed by atoms with Crippen molar-refractivity contribution in [3.05, 3.63) is 22.2 Å². The van der Waals surface area contributed by atoms with Crippen molar-refractivity contribution in [2.45, 2.75) is 38.0 Å². The summed E-state index contributed by atoms with van der Waals surface area (Å²) >= 11 is 0. The van der Waals surface area contributed by atoms with Gasteiger partial charge in [-0.05, 0) is 19.8 Å². The van der Waals surface area contributed by atoms with Crippen LogP contribution in [0.2, 0.25) is 0 Å². The highest BCUT2D eigenvalue weighted by Gasteiger charge is 2.50. The van der Waals surface area contributed by atoms with E-state index in [1.54, 1.807) is 6.92 Å². The van der Waals surface area contributed by atoms with E-state index in [1.165, 1.54) is 6.07 Å². The molecule has 4 N–H and O–H groups in total. The second kappa shape index (κ2) is 4.37. The third kappa shape index (κ3) is 1.91. The molecule has 98 valence electrons. The summed E-state index contributed by atoms with van der Waals surface area (Å²) in [5.41, 5.74) is 5.99. The van der Waals surface area contributed by atoms with Crippen LogP contribution in [0.25, 0.3) is 0 Å². The summed E-state index contributed by atoms with van der Waals surface area (Å²) in [5.74, 6) is 1.61. The van der Waals surface area contributed by atoms with Gasteiger partial charge in [0.2, 0.25) is 0 Å². The molecule has 18 heavy (non-hydrogen) atoms. The number of nitrogens with zero attached hydrogens (tertiary/aromatic N) is 1. The molecule has 6 nitrogen and oxygen atoms in total. The van der Waals surface area contributed by atoms with E-state index in [4.69, 9.17) is 10.5 Å². The molecule has 1 aliphatic carbocycles. The minimum Gasteiger partial charge on any atom is -0.376 e. The van der Waals surface area contributed by atoms with E-state index in [2.05, 4.69) is 15.3 Å². The molecule has 2 fully saturated rings.